The summed E-state index contributed by atoms with van der Waals surface area (Å²) in [6, 6.07) is 4.76. The summed E-state index contributed by atoms with van der Waals surface area (Å²) in [7, 11) is 0. The summed E-state index contributed by atoms with van der Waals surface area (Å²) in [5.41, 5.74) is 0.520. The fraction of sp³-hybridized carbons (Fsp3) is 0.462. The van der Waals surface area contributed by atoms with Crippen LogP contribution in [-0.4, -0.2) is 38.4 Å². The van der Waals surface area contributed by atoms with E-state index in [1.165, 1.54) is 6.07 Å². The van der Waals surface area contributed by atoms with Crippen LogP contribution in [0, 0.1) is 12.7 Å². The smallest absolute Gasteiger partial charge is 0.254 e. The van der Waals surface area contributed by atoms with E-state index in [9.17, 15) is 9.18 Å². The summed E-state index contributed by atoms with van der Waals surface area (Å²) in [6.45, 7) is 3.52. The monoisotopic (exact) mass is 253 g/mol. The lowest BCUT2D eigenvalue weighted by Gasteiger charge is -2.23. The van der Waals surface area contributed by atoms with Crippen molar-refractivity contribution >= 4 is 5.91 Å². The molecule has 1 atom stereocenters. The number of ether oxygens (including phenoxy) is 2. The fourth-order valence-electron chi connectivity index (χ4n) is 1.78. The molecule has 0 bridgehead atoms. The molecule has 0 aliphatic carbocycles. The molecule has 0 aromatic heterocycles. The molecule has 1 saturated heterocycles. The quantitative estimate of drug-likeness (QED) is 0.882. The zero-order valence-corrected chi connectivity index (χ0v) is 10.2. The van der Waals surface area contributed by atoms with E-state index in [4.69, 9.17) is 9.47 Å². The predicted octanol–water partition coefficient (Wildman–Crippen LogP) is 1.28. The molecule has 0 spiro atoms. The van der Waals surface area contributed by atoms with Crippen LogP contribution in [-0.2, 0) is 9.47 Å². The van der Waals surface area contributed by atoms with Gasteiger partial charge in [-0.2, -0.15) is 0 Å². The van der Waals surface area contributed by atoms with Gasteiger partial charge in [0.25, 0.3) is 5.91 Å². The third kappa shape index (κ3) is 3.05. The van der Waals surface area contributed by atoms with E-state index in [1.54, 1.807) is 19.1 Å². The molecule has 1 aromatic rings. The maximum atomic E-state index is 13.7. The standard InChI is InChI=1S/C13H16FNO3/c1-9-3-2-4-11(12(9)14)13(16)15-7-10-8-17-5-6-18-10/h2-4,10H,5-8H2,1H3,(H,15,16). The summed E-state index contributed by atoms with van der Waals surface area (Å²) >= 11 is 0. The number of halogens is 1. The third-order valence-corrected chi connectivity index (χ3v) is 2.81. The van der Waals surface area contributed by atoms with Crippen molar-refractivity contribution in [2.75, 3.05) is 26.4 Å². The minimum absolute atomic E-state index is 0.0618. The van der Waals surface area contributed by atoms with Gasteiger partial charge >= 0.3 is 0 Å². The number of rotatable bonds is 3. The van der Waals surface area contributed by atoms with Crippen molar-refractivity contribution in [3.63, 3.8) is 0 Å². The molecule has 1 unspecified atom stereocenters. The number of hydrogen-bond donors (Lipinski definition) is 1. The van der Waals surface area contributed by atoms with Gasteiger partial charge in [-0.25, -0.2) is 4.39 Å². The van der Waals surface area contributed by atoms with E-state index < -0.39 is 11.7 Å². The maximum absolute atomic E-state index is 13.7. The normalized spacial score (nSPS) is 19.6. The summed E-state index contributed by atoms with van der Waals surface area (Å²) in [5, 5.41) is 2.65. The first-order valence-electron chi connectivity index (χ1n) is 5.91. The van der Waals surface area contributed by atoms with Gasteiger partial charge in [0.15, 0.2) is 0 Å². The van der Waals surface area contributed by atoms with Crippen molar-refractivity contribution in [2.24, 2.45) is 0 Å². The molecule has 0 radical (unpaired) electrons. The zero-order valence-electron chi connectivity index (χ0n) is 10.2. The predicted molar refractivity (Wildman–Crippen MR) is 64.0 cm³/mol. The highest BCUT2D eigenvalue weighted by atomic mass is 19.1. The van der Waals surface area contributed by atoms with Crippen LogP contribution in [0.5, 0.6) is 0 Å². The van der Waals surface area contributed by atoms with Crippen LogP contribution in [0.4, 0.5) is 4.39 Å². The Hall–Kier alpha value is -1.46. The van der Waals surface area contributed by atoms with E-state index >= 15 is 0 Å². The molecule has 2 rings (SSSR count). The minimum atomic E-state index is -0.476. The van der Waals surface area contributed by atoms with Crippen LogP contribution in [0.15, 0.2) is 18.2 Å². The van der Waals surface area contributed by atoms with Gasteiger partial charge in [-0.15, -0.1) is 0 Å². The second-order valence-corrected chi connectivity index (χ2v) is 4.21. The third-order valence-electron chi connectivity index (χ3n) is 2.81. The minimum Gasteiger partial charge on any atom is -0.376 e. The number of carbonyl (C=O) groups excluding carboxylic acids is 1. The number of amides is 1. The van der Waals surface area contributed by atoms with Crippen LogP contribution < -0.4 is 5.32 Å². The fourth-order valence-corrected chi connectivity index (χ4v) is 1.78. The Kier molecular flexibility index (Phi) is 4.28. The Morgan fingerprint density at radius 1 is 1.50 bits per heavy atom. The summed E-state index contributed by atoms with van der Waals surface area (Å²) < 4.78 is 24.3. The number of carbonyl (C=O) groups is 1. The van der Waals surface area contributed by atoms with Gasteiger partial charge in [-0.3, -0.25) is 4.79 Å². The molecule has 1 aliphatic heterocycles. The average molecular weight is 253 g/mol. The van der Waals surface area contributed by atoms with Crippen LogP contribution in [0.25, 0.3) is 0 Å². The number of nitrogens with one attached hydrogen (secondary N) is 1. The van der Waals surface area contributed by atoms with Gasteiger partial charge in [-0.1, -0.05) is 12.1 Å². The van der Waals surface area contributed by atoms with Crippen LogP contribution in [0.3, 0.4) is 0 Å². The van der Waals surface area contributed by atoms with E-state index in [2.05, 4.69) is 5.32 Å². The molecule has 1 N–H and O–H groups in total. The second kappa shape index (κ2) is 5.93. The van der Waals surface area contributed by atoms with Gasteiger partial charge in [0.05, 0.1) is 31.5 Å². The Bertz CT molecular complexity index is 430. The van der Waals surface area contributed by atoms with Crippen molar-refractivity contribution < 1.29 is 18.7 Å². The molecule has 0 saturated carbocycles. The Labute approximate surface area is 105 Å². The maximum Gasteiger partial charge on any atom is 0.254 e. The topological polar surface area (TPSA) is 47.6 Å². The molecule has 98 valence electrons. The lowest BCUT2D eigenvalue weighted by molar-refractivity contribution is -0.0855. The first-order chi connectivity index (χ1) is 8.68. The number of hydrogen-bond acceptors (Lipinski definition) is 3. The van der Waals surface area contributed by atoms with Crippen molar-refractivity contribution in [2.45, 2.75) is 13.0 Å². The number of benzene rings is 1. The molecule has 1 fully saturated rings. The Morgan fingerprint density at radius 2 is 2.33 bits per heavy atom. The van der Waals surface area contributed by atoms with E-state index in [1.807, 2.05) is 0 Å². The van der Waals surface area contributed by atoms with Crippen LogP contribution in [0.1, 0.15) is 15.9 Å². The van der Waals surface area contributed by atoms with E-state index in [-0.39, 0.29) is 11.7 Å². The van der Waals surface area contributed by atoms with Crippen molar-refractivity contribution in [3.05, 3.63) is 35.1 Å². The Morgan fingerprint density at radius 3 is 3.06 bits per heavy atom. The van der Waals surface area contributed by atoms with Gasteiger partial charge in [0.2, 0.25) is 0 Å². The zero-order chi connectivity index (χ0) is 13.0. The number of aryl methyl sites for hydroxylation is 1. The van der Waals surface area contributed by atoms with Crippen molar-refractivity contribution in [1.29, 1.82) is 0 Å². The summed E-state index contributed by atoms with van der Waals surface area (Å²) in [6.07, 6.45) is -0.157. The Balaban J connectivity index is 1.93. The molecule has 18 heavy (non-hydrogen) atoms. The van der Waals surface area contributed by atoms with Crippen molar-refractivity contribution in [1.82, 2.24) is 5.32 Å². The molecular formula is C13H16FNO3. The van der Waals surface area contributed by atoms with E-state index in [0.29, 0.717) is 31.9 Å². The van der Waals surface area contributed by atoms with Crippen LogP contribution >= 0.6 is 0 Å². The lowest BCUT2D eigenvalue weighted by atomic mass is 10.1. The lowest BCUT2D eigenvalue weighted by Crippen LogP contribution is -2.39. The van der Waals surface area contributed by atoms with Gasteiger partial charge in [0, 0.05) is 6.54 Å². The summed E-state index contributed by atoms with van der Waals surface area (Å²) in [5.74, 6) is -0.902. The van der Waals surface area contributed by atoms with Gasteiger partial charge < -0.3 is 14.8 Å². The molecule has 1 heterocycles. The SMILES string of the molecule is Cc1cccc(C(=O)NCC2COCCO2)c1F. The van der Waals surface area contributed by atoms with E-state index in [0.717, 1.165) is 0 Å². The highest BCUT2D eigenvalue weighted by Crippen LogP contribution is 2.11. The average Bonchev–Trinajstić information content (AvgIpc) is 2.40. The largest absolute Gasteiger partial charge is 0.376 e. The highest BCUT2D eigenvalue weighted by molar-refractivity contribution is 5.94. The second-order valence-electron chi connectivity index (χ2n) is 4.21. The molecule has 1 aliphatic rings. The molecule has 1 amide bonds. The van der Waals surface area contributed by atoms with Crippen molar-refractivity contribution in [3.8, 4) is 0 Å². The first kappa shape index (κ1) is 13.0. The molecular weight excluding hydrogens is 237 g/mol. The molecule has 4 nitrogen and oxygen atoms in total. The highest BCUT2D eigenvalue weighted by Gasteiger charge is 2.17. The van der Waals surface area contributed by atoms with Gasteiger partial charge in [-0.05, 0) is 18.6 Å². The van der Waals surface area contributed by atoms with Crippen LogP contribution in [0.2, 0.25) is 0 Å². The molecule has 5 heteroatoms. The van der Waals surface area contributed by atoms with Gasteiger partial charge in [0.1, 0.15) is 5.82 Å². The summed E-state index contributed by atoms with van der Waals surface area (Å²) in [4.78, 5) is 11.8. The molecule has 1 aromatic carbocycles. The first-order valence-corrected chi connectivity index (χ1v) is 5.91.